The second-order valence-electron chi connectivity index (χ2n) is 4.29. The van der Waals surface area contributed by atoms with Crippen molar-refractivity contribution < 1.29 is 14.6 Å². The number of thioether (sulfide) groups is 1. The molecular weight excluding hydrogens is 252 g/mol. The molecule has 1 aliphatic heterocycles. The highest BCUT2D eigenvalue weighted by molar-refractivity contribution is 8.00. The van der Waals surface area contributed by atoms with E-state index in [1.807, 2.05) is 6.92 Å². The van der Waals surface area contributed by atoms with Gasteiger partial charge in [0.05, 0.1) is 11.8 Å². The number of amides is 1. The van der Waals surface area contributed by atoms with Crippen molar-refractivity contribution in [1.82, 2.24) is 0 Å². The smallest absolute Gasteiger partial charge is 0.262 e. The normalized spacial score (nSPS) is 17.4. The largest absolute Gasteiger partial charge is 0.482 e. The van der Waals surface area contributed by atoms with Gasteiger partial charge >= 0.3 is 0 Å². The van der Waals surface area contributed by atoms with Crippen LogP contribution in [0, 0.1) is 0 Å². The first-order valence-electron chi connectivity index (χ1n) is 5.68. The molecule has 0 bridgehead atoms. The number of ether oxygens (including phenoxy) is 1. The first-order valence-corrected chi connectivity index (χ1v) is 6.56. The molecule has 5 nitrogen and oxygen atoms in total. The number of nitrogen functional groups attached to an aromatic ring is 1. The Kier molecular flexibility index (Phi) is 3.68. The Morgan fingerprint density at radius 2 is 2.22 bits per heavy atom. The quantitative estimate of drug-likeness (QED) is 0.571. The number of hydrogen-bond acceptors (Lipinski definition) is 5. The van der Waals surface area contributed by atoms with E-state index in [0.29, 0.717) is 17.1 Å². The van der Waals surface area contributed by atoms with Gasteiger partial charge in [-0.15, -0.1) is 11.8 Å². The minimum Gasteiger partial charge on any atom is -0.482 e. The first-order chi connectivity index (χ1) is 8.47. The van der Waals surface area contributed by atoms with E-state index in [1.165, 1.54) is 11.8 Å². The van der Waals surface area contributed by atoms with Crippen molar-refractivity contribution in [3.63, 3.8) is 0 Å². The van der Waals surface area contributed by atoms with Gasteiger partial charge in [0.25, 0.3) is 5.91 Å². The van der Waals surface area contributed by atoms with Crippen LogP contribution in [0.4, 0.5) is 11.4 Å². The fourth-order valence-electron chi connectivity index (χ4n) is 1.52. The molecule has 1 heterocycles. The molecule has 0 fully saturated rings. The highest BCUT2D eigenvalue weighted by Crippen LogP contribution is 2.38. The summed E-state index contributed by atoms with van der Waals surface area (Å²) in [6, 6.07) is 3.48. The number of rotatable bonds is 3. The second kappa shape index (κ2) is 5.07. The predicted molar refractivity (Wildman–Crippen MR) is 72.0 cm³/mol. The molecule has 0 radical (unpaired) electrons. The zero-order valence-corrected chi connectivity index (χ0v) is 11.1. The van der Waals surface area contributed by atoms with E-state index >= 15 is 0 Å². The van der Waals surface area contributed by atoms with Crippen molar-refractivity contribution in [2.45, 2.75) is 30.1 Å². The molecule has 0 aliphatic carbocycles. The number of aliphatic hydroxyl groups is 1. The molecule has 18 heavy (non-hydrogen) atoms. The van der Waals surface area contributed by atoms with Crippen LogP contribution in [-0.4, -0.2) is 29.0 Å². The maximum atomic E-state index is 11.2. The van der Waals surface area contributed by atoms with Crippen molar-refractivity contribution in [3.05, 3.63) is 12.1 Å². The van der Waals surface area contributed by atoms with Crippen LogP contribution in [0.2, 0.25) is 0 Å². The van der Waals surface area contributed by atoms with E-state index in [9.17, 15) is 9.90 Å². The zero-order valence-electron chi connectivity index (χ0n) is 10.3. The van der Waals surface area contributed by atoms with Gasteiger partial charge in [0, 0.05) is 21.9 Å². The number of hydrogen-bond donors (Lipinski definition) is 3. The minimum absolute atomic E-state index is 0.0169. The molecule has 2 atom stereocenters. The summed E-state index contributed by atoms with van der Waals surface area (Å²) < 4.78 is 5.27. The molecule has 1 aromatic carbocycles. The van der Waals surface area contributed by atoms with E-state index in [2.05, 4.69) is 5.32 Å². The average molecular weight is 268 g/mol. The van der Waals surface area contributed by atoms with E-state index < -0.39 is 6.10 Å². The van der Waals surface area contributed by atoms with Crippen LogP contribution >= 0.6 is 11.8 Å². The lowest BCUT2D eigenvalue weighted by Gasteiger charge is -2.21. The molecule has 0 saturated heterocycles. The summed E-state index contributed by atoms with van der Waals surface area (Å²) in [5.41, 5.74) is 7.14. The molecule has 4 N–H and O–H groups in total. The van der Waals surface area contributed by atoms with E-state index in [4.69, 9.17) is 10.5 Å². The molecule has 0 spiro atoms. The van der Waals surface area contributed by atoms with Crippen molar-refractivity contribution in [2.24, 2.45) is 0 Å². The highest BCUT2D eigenvalue weighted by Gasteiger charge is 2.19. The van der Waals surface area contributed by atoms with Gasteiger partial charge in [-0.05, 0) is 13.0 Å². The van der Waals surface area contributed by atoms with E-state index in [1.54, 1.807) is 19.1 Å². The summed E-state index contributed by atoms with van der Waals surface area (Å²) in [4.78, 5) is 12.1. The third kappa shape index (κ3) is 2.70. The maximum absolute atomic E-state index is 11.2. The Hall–Kier alpha value is -1.40. The fraction of sp³-hybridized carbons (Fsp3) is 0.417. The second-order valence-corrected chi connectivity index (χ2v) is 5.71. The van der Waals surface area contributed by atoms with Gasteiger partial charge in [0.15, 0.2) is 6.61 Å². The average Bonchev–Trinajstić information content (AvgIpc) is 2.30. The van der Waals surface area contributed by atoms with Gasteiger partial charge in [-0.1, -0.05) is 6.92 Å². The summed E-state index contributed by atoms with van der Waals surface area (Å²) in [5.74, 6) is 0.410. The Bertz CT molecular complexity index is 477. The van der Waals surface area contributed by atoms with Gasteiger partial charge in [-0.25, -0.2) is 0 Å². The van der Waals surface area contributed by atoms with E-state index in [0.717, 1.165) is 4.90 Å². The number of carbonyl (C=O) groups is 1. The Balaban J connectivity index is 2.26. The minimum atomic E-state index is -0.434. The van der Waals surface area contributed by atoms with Crippen LogP contribution in [0.1, 0.15) is 13.8 Å². The molecule has 2 rings (SSSR count). The van der Waals surface area contributed by atoms with Gasteiger partial charge in [0.2, 0.25) is 0 Å². The molecule has 0 saturated carbocycles. The summed E-state index contributed by atoms with van der Waals surface area (Å²) >= 11 is 1.47. The molecule has 1 amide bonds. The number of benzene rings is 1. The number of anilines is 2. The highest BCUT2D eigenvalue weighted by atomic mass is 32.2. The van der Waals surface area contributed by atoms with Crippen LogP contribution in [0.15, 0.2) is 17.0 Å². The summed E-state index contributed by atoms with van der Waals surface area (Å²) in [5, 5.41) is 12.3. The SMILES string of the molecule is CC(O)C(C)Sc1cc2c(cc1N)OCC(=O)N2. The topological polar surface area (TPSA) is 84.6 Å². The third-order valence-electron chi connectivity index (χ3n) is 2.74. The molecule has 6 heteroatoms. The van der Waals surface area contributed by atoms with Gasteiger partial charge in [-0.2, -0.15) is 0 Å². The number of carbonyl (C=O) groups excluding carboxylic acids is 1. The van der Waals surface area contributed by atoms with Gasteiger partial charge < -0.3 is 20.9 Å². The van der Waals surface area contributed by atoms with Crippen molar-refractivity contribution in [3.8, 4) is 5.75 Å². The molecule has 1 aliphatic rings. The van der Waals surface area contributed by atoms with E-state index in [-0.39, 0.29) is 17.8 Å². The van der Waals surface area contributed by atoms with Gasteiger partial charge in [-0.3, -0.25) is 4.79 Å². The molecule has 2 unspecified atom stereocenters. The van der Waals surface area contributed by atoms with Crippen LogP contribution in [0.25, 0.3) is 0 Å². The maximum Gasteiger partial charge on any atom is 0.262 e. The first kappa shape index (κ1) is 13.0. The van der Waals surface area contributed by atoms with Gasteiger partial charge in [0.1, 0.15) is 5.75 Å². The molecule has 1 aromatic rings. The number of fused-ring (bicyclic) bond motifs is 1. The van der Waals surface area contributed by atoms with Crippen molar-refractivity contribution >= 4 is 29.0 Å². The molecule has 98 valence electrons. The lowest BCUT2D eigenvalue weighted by Crippen LogP contribution is -2.25. The monoisotopic (exact) mass is 268 g/mol. The lowest BCUT2D eigenvalue weighted by atomic mass is 10.2. The van der Waals surface area contributed by atoms with Crippen molar-refractivity contribution in [1.29, 1.82) is 0 Å². The van der Waals surface area contributed by atoms with Crippen LogP contribution in [0.3, 0.4) is 0 Å². The number of aliphatic hydroxyl groups excluding tert-OH is 1. The standard InChI is InChI=1S/C12H16N2O3S/c1-6(15)7(2)18-11-4-9-10(3-8(11)13)17-5-12(16)14-9/h3-4,6-7,15H,5,13H2,1-2H3,(H,14,16). The lowest BCUT2D eigenvalue weighted by molar-refractivity contribution is -0.118. The molecule has 0 aromatic heterocycles. The van der Waals surface area contributed by atoms with Crippen molar-refractivity contribution in [2.75, 3.05) is 17.7 Å². The van der Waals surface area contributed by atoms with Crippen LogP contribution < -0.4 is 15.8 Å². The fourth-order valence-corrected chi connectivity index (χ4v) is 2.50. The Labute approximate surface area is 110 Å². The van der Waals surface area contributed by atoms with Crippen LogP contribution in [-0.2, 0) is 4.79 Å². The predicted octanol–water partition coefficient (Wildman–Crippen LogP) is 1.46. The van der Waals surface area contributed by atoms with Crippen LogP contribution in [0.5, 0.6) is 5.75 Å². The number of nitrogens with one attached hydrogen (secondary N) is 1. The molecular formula is C12H16N2O3S. The Morgan fingerprint density at radius 3 is 2.89 bits per heavy atom. The number of nitrogens with two attached hydrogens (primary N) is 1. The zero-order chi connectivity index (χ0) is 13.3. The Morgan fingerprint density at radius 1 is 1.50 bits per heavy atom. The summed E-state index contributed by atoms with van der Waals surface area (Å²) in [6.45, 7) is 3.67. The third-order valence-corrected chi connectivity index (χ3v) is 4.11. The summed E-state index contributed by atoms with van der Waals surface area (Å²) in [7, 11) is 0. The summed E-state index contributed by atoms with van der Waals surface area (Å²) in [6.07, 6.45) is -0.434.